The third-order valence-corrected chi connectivity index (χ3v) is 8.04. The first kappa shape index (κ1) is 18.2. The molecular formula is C21H30O5. The number of hydrogen-bond acceptors (Lipinski definition) is 5. The Hall–Kier alpha value is -1.20. The Morgan fingerprint density at radius 2 is 2.00 bits per heavy atom. The molecule has 144 valence electrons. The number of hydrogen-bond donors (Lipinski definition) is 2. The number of ether oxygens (including phenoxy) is 1. The lowest BCUT2D eigenvalue weighted by molar-refractivity contribution is -0.173. The maximum Gasteiger partial charge on any atom is 0.302 e. The smallest absolute Gasteiger partial charge is 0.302 e. The predicted molar refractivity (Wildman–Crippen MR) is 95.0 cm³/mol. The van der Waals surface area contributed by atoms with Crippen LogP contribution in [-0.2, 0) is 14.3 Å². The number of fused-ring (bicyclic) bond motifs is 5. The molecule has 26 heavy (non-hydrogen) atoms. The molecule has 3 fully saturated rings. The Bertz CT molecular complexity index is 669. The van der Waals surface area contributed by atoms with E-state index in [0.717, 1.165) is 19.3 Å². The Labute approximate surface area is 154 Å². The van der Waals surface area contributed by atoms with E-state index >= 15 is 0 Å². The first-order valence-electron chi connectivity index (χ1n) is 9.94. The highest BCUT2D eigenvalue weighted by Crippen LogP contribution is 2.64. The standard InChI is InChI=1S/C21H30O5/c1-11(22)26-17-10-21(3)15(9-16(24)19(21)25)14-5-4-12-8-13(23)6-7-20(12,2)18(14)17/h4,13-18,23-24H,5-10H2,1-3H3/t13-,14?,15?,16+,17-,18?,20-,21-/m0/s1. The number of aliphatic hydroxyl groups excluding tert-OH is 2. The SMILES string of the molecule is CC(=O)O[C@H]1C[C@]2(C)C(=O)[C@H](O)CC2C2CC=C3C[C@@H](O)CC[C@]3(C)C21. The molecule has 0 bridgehead atoms. The molecule has 0 aromatic rings. The topological polar surface area (TPSA) is 83.8 Å². The third kappa shape index (κ3) is 2.43. The summed E-state index contributed by atoms with van der Waals surface area (Å²) < 4.78 is 5.80. The minimum absolute atomic E-state index is 0.0860. The van der Waals surface area contributed by atoms with E-state index in [-0.39, 0.29) is 47.1 Å². The van der Waals surface area contributed by atoms with Crippen molar-refractivity contribution in [1.29, 1.82) is 0 Å². The zero-order valence-corrected chi connectivity index (χ0v) is 15.9. The van der Waals surface area contributed by atoms with Crippen LogP contribution in [0.4, 0.5) is 0 Å². The maximum absolute atomic E-state index is 12.7. The molecule has 0 radical (unpaired) electrons. The second-order valence-electron chi connectivity index (χ2n) is 9.46. The molecule has 0 saturated heterocycles. The van der Waals surface area contributed by atoms with E-state index in [9.17, 15) is 19.8 Å². The zero-order valence-electron chi connectivity index (χ0n) is 15.9. The first-order valence-corrected chi connectivity index (χ1v) is 9.94. The van der Waals surface area contributed by atoms with Gasteiger partial charge in [0.2, 0.25) is 0 Å². The van der Waals surface area contributed by atoms with Gasteiger partial charge < -0.3 is 14.9 Å². The van der Waals surface area contributed by atoms with Gasteiger partial charge in [-0.1, -0.05) is 25.5 Å². The fourth-order valence-corrected chi connectivity index (χ4v) is 6.85. The Balaban J connectivity index is 1.78. The van der Waals surface area contributed by atoms with Crippen molar-refractivity contribution in [3.05, 3.63) is 11.6 Å². The van der Waals surface area contributed by atoms with Crippen molar-refractivity contribution < 1.29 is 24.5 Å². The number of carbonyl (C=O) groups excluding carboxylic acids is 2. The molecule has 3 unspecified atom stereocenters. The maximum atomic E-state index is 12.7. The molecule has 0 aromatic carbocycles. The molecular weight excluding hydrogens is 332 g/mol. The molecule has 4 rings (SSSR count). The average molecular weight is 362 g/mol. The second-order valence-corrected chi connectivity index (χ2v) is 9.46. The molecule has 4 aliphatic rings. The van der Waals surface area contributed by atoms with E-state index < -0.39 is 11.5 Å². The van der Waals surface area contributed by atoms with Crippen LogP contribution in [0.15, 0.2) is 11.6 Å². The second kappa shape index (κ2) is 5.90. The lowest BCUT2D eigenvalue weighted by atomic mass is 9.47. The van der Waals surface area contributed by atoms with E-state index in [2.05, 4.69) is 13.0 Å². The predicted octanol–water partition coefficient (Wildman–Crippen LogP) is 2.39. The highest BCUT2D eigenvalue weighted by atomic mass is 16.5. The van der Waals surface area contributed by atoms with E-state index in [1.54, 1.807) is 0 Å². The molecule has 4 aliphatic carbocycles. The summed E-state index contributed by atoms with van der Waals surface area (Å²) in [5.41, 5.74) is 0.555. The molecule has 0 aromatic heterocycles. The zero-order chi connectivity index (χ0) is 18.9. The van der Waals surface area contributed by atoms with Crippen LogP contribution in [-0.4, -0.2) is 40.3 Å². The molecule has 0 spiro atoms. The van der Waals surface area contributed by atoms with Crippen LogP contribution >= 0.6 is 0 Å². The quantitative estimate of drug-likeness (QED) is 0.553. The molecule has 0 amide bonds. The summed E-state index contributed by atoms with van der Waals surface area (Å²) in [7, 11) is 0. The highest BCUT2D eigenvalue weighted by Gasteiger charge is 2.64. The number of rotatable bonds is 1. The van der Waals surface area contributed by atoms with E-state index in [1.165, 1.54) is 12.5 Å². The van der Waals surface area contributed by atoms with Gasteiger partial charge >= 0.3 is 5.97 Å². The summed E-state index contributed by atoms with van der Waals surface area (Å²) in [5.74, 6) is 0.107. The minimum atomic E-state index is -0.895. The normalized spacial score (nSPS) is 50.3. The van der Waals surface area contributed by atoms with Crippen LogP contribution < -0.4 is 0 Å². The fourth-order valence-electron chi connectivity index (χ4n) is 6.85. The fraction of sp³-hybridized carbons (Fsp3) is 0.810. The number of ketones is 1. The molecule has 5 nitrogen and oxygen atoms in total. The summed E-state index contributed by atoms with van der Waals surface area (Å²) in [4.78, 5) is 24.6. The van der Waals surface area contributed by atoms with Crippen LogP contribution in [0.1, 0.15) is 59.3 Å². The average Bonchev–Trinajstić information content (AvgIpc) is 2.78. The Morgan fingerprint density at radius 1 is 1.27 bits per heavy atom. The summed E-state index contributed by atoms with van der Waals surface area (Å²) in [6.45, 7) is 5.63. The van der Waals surface area contributed by atoms with Crippen molar-refractivity contribution in [2.45, 2.75) is 77.6 Å². The van der Waals surface area contributed by atoms with E-state index in [4.69, 9.17) is 4.74 Å². The number of Topliss-reactive ketones (excluding diaryl/α,β-unsaturated/α-hetero) is 1. The lowest BCUT2D eigenvalue weighted by Gasteiger charge is -2.58. The van der Waals surface area contributed by atoms with Gasteiger partial charge in [-0.3, -0.25) is 9.59 Å². The van der Waals surface area contributed by atoms with Gasteiger partial charge in [0, 0.05) is 18.3 Å². The van der Waals surface area contributed by atoms with Crippen molar-refractivity contribution in [2.24, 2.45) is 28.6 Å². The summed E-state index contributed by atoms with van der Waals surface area (Å²) in [6.07, 6.45) is 4.94. The largest absolute Gasteiger partial charge is 0.462 e. The van der Waals surface area contributed by atoms with Gasteiger partial charge in [0.15, 0.2) is 5.78 Å². The molecule has 8 atom stereocenters. The van der Waals surface area contributed by atoms with Crippen molar-refractivity contribution in [3.63, 3.8) is 0 Å². The third-order valence-electron chi connectivity index (χ3n) is 8.04. The van der Waals surface area contributed by atoms with Crippen LogP contribution in [0.5, 0.6) is 0 Å². The van der Waals surface area contributed by atoms with Crippen molar-refractivity contribution >= 4 is 11.8 Å². The van der Waals surface area contributed by atoms with Crippen LogP contribution in [0.3, 0.4) is 0 Å². The van der Waals surface area contributed by atoms with Crippen LogP contribution in [0.2, 0.25) is 0 Å². The van der Waals surface area contributed by atoms with Gasteiger partial charge in [-0.15, -0.1) is 0 Å². The van der Waals surface area contributed by atoms with Gasteiger partial charge in [0.05, 0.1) is 6.10 Å². The van der Waals surface area contributed by atoms with Crippen molar-refractivity contribution in [1.82, 2.24) is 0 Å². The van der Waals surface area contributed by atoms with Gasteiger partial charge in [0.25, 0.3) is 0 Å². The van der Waals surface area contributed by atoms with Crippen LogP contribution in [0.25, 0.3) is 0 Å². The summed E-state index contributed by atoms with van der Waals surface area (Å²) in [6, 6.07) is 0. The first-order chi connectivity index (χ1) is 12.2. The van der Waals surface area contributed by atoms with Crippen LogP contribution in [0, 0.1) is 28.6 Å². The molecule has 2 N–H and O–H groups in total. The number of aliphatic hydroxyl groups is 2. The Morgan fingerprint density at radius 3 is 2.69 bits per heavy atom. The molecule has 0 heterocycles. The summed E-state index contributed by atoms with van der Waals surface area (Å²) in [5, 5.41) is 20.4. The highest BCUT2D eigenvalue weighted by molar-refractivity contribution is 5.91. The molecule has 3 saturated carbocycles. The van der Waals surface area contributed by atoms with E-state index in [0.29, 0.717) is 19.3 Å². The lowest BCUT2D eigenvalue weighted by Crippen LogP contribution is -2.57. The number of esters is 1. The monoisotopic (exact) mass is 362 g/mol. The van der Waals surface area contributed by atoms with Gasteiger partial charge in [-0.2, -0.15) is 0 Å². The van der Waals surface area contributed by atoms with Gasteiger partial charge in [0.1, 0.15) is 12.2 Å². The molecule has 5 heteroatoms. The van der Waals surface area contributed by atoms with Crippen molar-refractivity contribution in [3.8, 4) is 0 Å². The summed E-state index contributed by atoms with van der Waals surface area (Å²) >= 11 is 0. The van der Waals surface area contributed by atoms with Gasteiger partial charge in [-0.25, -0.2) is 0 Å². The van der Waals surface area contributed by atoms with Crippen molar-refractivity contribution in [2.75, 3.05) is 0 Å². The minimum Gasteiger partial charge on any atom is -0.462 e. The molecule has 0 aliphatic heterocycles. The Kier molecular flexibility index (Phi) is 4.12. The van der Waals surface area contributed by atoms with E-state index in [1.807, 2.05) is 6.92 Å². The van der Waals surface area contributed by atoms with Gasteiger partial charge in [-0.05, 0) is 55.8 Å². The number of allylic oxidation sites excluding steroid dienone is 1. The number of carbonyl (C=O) groups is 2.